The first-order valence-corrected chi connectivity index (χ1v) is 6.55. The van der Waals surface area contributed by atoms with Crippen LogP contribution in [0.1, 0.15) is 34.1 Å². The number of carbonyl (C=O) groups is 1. The van der Waals surface area contributed by atoms with Crippen molar-refractivity contribution in [2.45, 2.75) is 46.2 Å². The topological polar surface area (TPSA) is 23.6 Å². The van der Waals surface area contributed by atoms with E-state index in [1.165, 1.54) is 13.0 Å². The van der Waals surface area contributed by atoms with Crippen LogP contribution in [0.25, 0.3) is 0 Å². The van der Waals surface area contributed by atoms with Crippen molar-refractivity contribution >= 4 is 5.91 Å². The van der Waals surface area contributed by atoms with Crippen molar-refractivity contribution in [3.05, 3.63) is 0 Å². The lowest BCUT2D eigenvalue weighted by Crippen LogP contribution is -2.41. The maximum atomic E-state index is 12.0. The summed E-state index contributed by atoms with van der Waals surface area (Å²) in [6.07, 6.45) is 1.27. The summed E-state index contributed by atoms with van der Waals surface area (Å²) in [4.78, 5) is 16.6. The minimum atomic E-state index is 0.145. The Labute approximate surface area is 98.8 Å². The normalized spacial score (nSPS) is 30.5. The summed E-state index contributed by atoms with van der Waals surface area (Å²) in [5, 5.41) is 0. The van der Waals surface area contributed by atoms with Crippen LogP contribution in [-0.2, 0) is 4.79 Å². The van der Waals surface area contributed by atoms with Gasteiger partial charge in [0.05, 0.1) is 0 Å². The first-order chi connectivity index (χ1) is 7.50. The molecule has 0 saturated carbocycles. The molecule has 0 bridgehead atoms. The number of fused-ring (bicyclic) bond motifs is 1. The highest BCUT2D eigenvalue weighted by Crippen LogP contribution is 2.33. The first kappa shape index (κ1) is 11.9. The van der Waals surface area contributed by atoms with E-state index in [1.807, 2.05) is 13.8 Å². The quantitative estimate of drug-likeness (QED) is 0.711. The van der Waals surface area contributed by atoms with E-state index in [1.54, 1.807) is 0 Å². The van der Waals surface area contributed by atoms with Gasteiger partial charge in [-0.1, -0.05) is 13.8 Å². The Balaban J connectivity index is 2.00. The van der Waals surface area contributed by atoms with Crippen LogP contribution in [0.3, 0.4) is 0 Å². The van der Waals surface area contributed by atoms with Gasteiger partial charge in [0.15, 0.2) is 0 Å². The van der Waals surface area contributed by atoms with Gasteiger partial charge in [-0.25, -0.2) is 0 Å². The van der Waals surface area contributed by atoms with Crippen LogP contribution in [-0.4, -0.2) is 47.4 Å². The molecule has 3 nitrogen and oxygen atoms in total. The second-order valence-electron chi connectivity index (χ2n) is 5.85. The molecule has 2 rings (SSSR count). The molecular formula is C13H24N2O. The van der Waals surface area contributed by atoms with E-state index in [9.17, 15) is 4.79 Å². The Kier molecular flexibility index (Phi) is 3.24. The number of hydrogen-bond donors (Lipinski definition) is 0. The summed E-state index contributed by atoms with van der Waals surface area (Å²) in [5.74, 6) is 1.20. The molecule has 3 heteroatoms. The molecule has 2 aliphatic heterocycles. The van der Waals surface area contributed by atoms with Crippen LogP contribution < -0.4 is 0 Å². The number of amides is 1. The van der Waals surface area contributed by atoms with Gasteiger partial charge >= 0.3 is 0 Å². The Hall–Kier alpha value is -0.570. The molecule has 2 saturated heterocycles. The van der Waals surface area contributed by atoms with E-state index < -0.39 is 0 Å². The average Bonchev–Trinajstić information content (AvgIpc) is 2.73. The lowest BCUT2D eigenvalue weighted by molar-refractivity contribution is -0.133. The molecule has 0 aromatic rings. The lowest BCUT2D eigenvalue weighted by Gasteiger charge is -2.28. The number of likely N-dealkylation sites (tertiary alicyclic amines) is 2. The van der Waals surface area contributed by atoms with E-state index in [-0.39, 0.29) is 5.92 Å². The molecule has 2 aliphatic rings. The first-order valence-electron chi connectivity index (χ1n) is 6.55. The van der Waals surface area contributed by atoms with Crippen LogP contribution in [0.5, 0.6) is 0 Å². The van der Waals surface area contributed by atoms with E-state index in [0.717, 1.165) is 19.0 Å². The highest BCUT2D eigenvalue weighted by atomic mass is 16.2. The zero-order valence-electron chi connectivity index (χ0n) is 10.9. The Bertz CT molecular complexity index is 275. The molecule has 2 unspecified atom stereocenters. The summed E-state index contributed by atoms with van der Waals surface area (Å²) in [7, 11) is 0. The second kappa shape index (κ2) is 4.36. The summed E-state index contributed by atoms with van der Waals surface area (Å²) in [6, 6.07) is 1.24. The Morgan fingerprint density at radius 3 is 2.44 bits per heavy atom. The molecule has 0 aromatic carbocycles. The van der Waals surface area contributed by atoms with Crippen LogP contribution >= 0.6 is 0 Å². The lowest BCUT2D eigenvalue weighted by atomic mass is 10.0. The van der Waals surface area contributed by atoms with Crippen LogP contribution in [0.4, 0.5) is 0 Å². The summed E-state index contributed by atoms with van der Waals surface area (Å²) in [6.45, 7) is 11.7. The molecular weight excluding hydrogens is 200 g/mol. The molecule has 0 N–H and O–H groups in total. The number of nitrogens with zero attached hydrogens (tertiary/aromatic N) is 2. The summed E-state index contributed by atoms with van der Waals surface area (Å²) < 4.78 is 0. The van der Waals surface area contributed by atoms with Crippen LogP contribution in [0.15, 0.2) is 0 Å². The molecule has 0 aromatic heterocycles. The highest BCUT2D eigenvalue weighted by Gasteiger charge is 2.43. The molecule has 0 aliphatic carbocycles. The van der Waals surface area contributed by atoms with E-state index in [0.29, 0.717) is 18.0 Å². The number of hydrogen-bond acceptors (Lipinski definition) is 2. The molecule has 2 heterocycles. The standard InChI is InChI=1S/C13H24N2O/c1-9(2)13(16)14-7-11-5-6-15(10(3)4)12(11)8-14/h9-12H,5-8H2,1-4H3. The molecule has 2 fully saturated rings. The smallest absolute Gasteiger partial charge is 0.225 e. The van der Waals surface area contributed by atoms with E-state index >= 15 is 0 Å². The van der Waals surface area contributed by atoms with Crippen molar-refractivity contribution in [3.8, 4) is 0 Å². The van der Waals surface area contributed by atoms with Crippen LogP contribution in [0, 0.1) is 11.8 Å². The predicted molar refractivity (Wildman–Crippen MR) is 65.2 cm³/mol. The zero-order valence-corrected chi connectivity index (χ0v) is 10.9. The van der Waals surface area contributed by atoms with E-state index in [2.05, 4.69) is 23.6 Å². The van der Waals surface area contributed by atoms with Gasteiger partial charge in [-0.15, -0.1) is 0 Å². The summed E-state index contributed by atoms with van der Waals surface area (Å²) >= 11 is 0. The molecule has 2 atom stereocenters. The van der Waals surface area contributed by atoms with Gasteiger partial charge in [-0.05, 0) is 32.7 Å². The van der Waals surface area contributed by atoms with E-state index in [4.69, 9.17) is 0 Å². The van der Waals surface area contributed by atoms with Gasteiger partial charge in [0.25, 0.3) is 0 Å². The molecule has 1 amide bonds. The largest absolute Gasteiger partial charge is 0.341 e. The molecule has 92 valence electrons. The third kappa shape index (κ3) is 1.97. The Morgan fingerprint density at radius 1 is 1.19 bits per heavy atom. The SMILES string of the molecule is CC(C)C(=O)N1CC2CCN(C(C)C)C2C1. The molecule has 0 spiro atoms. The van der Waals surface area contributed by atoms with Gasteiger partial charge in [-0.2, -0.15) is 0 Å². The van der Waals surface area contributed by atoms with Crippen molar-refractivity contribution in [2.75, 3.05) is 19.6 Å². The third-order valence-corrected chi connectivity index (χ3v) is 4.06. The van der Waals surface area contributed by atoms with Gasteiger partial charge in [0.1, 0.15) is 0 Å². The minimum absolute atomic E-state index is 0.145. The maximum absolute atomic E-state index is 12.0. The van der Waals surface area contributed by atoms with Crippen molar-refractivity contribution in [2.24, 2.45) is 11.8 Å². The maximum Gasteiger partial charge on any atom is 0.225 e. The third-order valence-electron chi connectivity index (χ3n) is 4.06. The van der Waals surface area contributed by atoms with Crippen LogP contribution in [0.2, 0.25) is 0 Å². The van der Waals surface area contributed by atoms with Crippen molar-refractivity contribution in [3.63, 3.8) is 0 Å². The molecule has 16 heavy (non-hydrogen) atoms. The number of carbonyl (C=O) groups excluding carboxylic acids is 1. The second-order valence-corrected chi connectivity index (χ2v) is 5.85. The number of rotatable bonds is 2. The summed E-state index contributed by atoms with van der Waals surface area (Å²) in [5.41, 5.74) is 0. The van der Waals surface area contributed by atoms with Gasteiger partial charge in [0, 0.05) is 31.1 Å². The zero-order chi connectivity index (χ0) is 11.9. The predicted octanol–water partition coefficient (Wildman–Crippen LogP) is 1.58. The van der Waals surface area contributed by atoms with Crippen molar-refractivity contribution < 1.29 is 4.79 Å². The van der Waals surface area contributed by atoms with Gasteiger partial charge in [0.2, 0.25) is 5.91 Å². The minimum Gasteiger partial charge on any atom is -0.341 e. The Morgan fingerprint density at radius 2 is 1.88 bits per heavy atom. The van der Waals surface area contributed by atoms with Crippen molar-refractivity contribution in [1.82, 2.24) is 9.80 Å². The van der Waals surface area contributed by atoms with Gasteiger partial charge in [-0.3, -0.25) is 9.69 Å². The van der Waals surface area contributed by atoms with Gasteiger partial charge < -0.3 is 4.90 Å². The average molecular weight is 224 g/mol. The van der Waals surface area contributed by atoms with Crippen molar-refractivity contribution in [1.29, 1.82) is 0 Å². The fourth-order valence-electron chi connectivity index (χ4n) is 3.18. The monoisotopic (exact) mass is 224 g/mol. The molecule has 0 radical (unpaired) electrons. The highest BCUT2D eigenvalue weighted by molar-refractivity contribution is 5.78. The fourth-order valence-corrected chi connectivity index (χ4v) is 3.18. The fraction of sp³-hybridized carbons (Fsp3) is 0.923.